The largest absolute Gasteiger partial charge is 0.326 e. The van der Waals surface area contributed by atoms with Gasteiger partial charge in [-0.2, -0.15) is 0 Å². The normalized spacial score (nSPS) is 13.2. The first kappa shape index (κ1) is 17.4. The third kappa shape index (κ3) is 3.38. The lowest BCUT2D eigenvalue weighted by molar-refractivity contribution is 0.587. The van der Waals surface area contributed by atoms with Gasteiger partial charge in [-0.05, 0) is 17.5 Å². The Kier molecular flexibility index (Phi) is 5.66. The minimum Gasteiger partial charge on any atom is -0.326 e. The molecule has 0 amide bonds. The second kappa shape index (κ2) is 8.12. The van der Waals surface area contributed by atoms with E-state index in [1.165, 1.54) is 17.5 Å². The smallest absolute Gasteiger partial charge is 0.0994 e. The van der Waals surface area contributed by atoms with Crippen molar-refractivity contribution in [2.75, 3.05) is 0 Å². The Morgan fingerprint density at radius 1 is 1.00 bits per heavy atom. The van der Waals surface area contributed by atoms with E-state index >= 15 is 0 Å². The number of allylic oxidation sites excluding steroid dienone is 1. The first-order valence-electron chi connectivity index (χ1n) is 9.06. The fourth-order valence-electron chi connectivity index (χ4n) is 3.68. The first-order chi connectivity index (χ1) is 12.3. The molecule has 0 bridgehead atoms. The van der Waals surface area contributed by atoms with Crippen LogP contribution in [0.5, 0.6) is 0 Å². The lowest BCUT2D eigenvalue weighted by atomic mass is 9.97. The van der Waals surface area contributed by atoms with Gasteiger partial charge in [-0.1, -0.05) is 92.3 Å². The molecule has 1 unspecified atom stereocenters. The molecular formula is C22H26N2Si. The topological polar surface area (TPSA) is 17.8 Å². The summed E-state index contributed by atoms with van der Waals surface area (Å²) in [7, 11) is -1.39. The molecule has 25 heavy (non-hydrogen) atoms. The summed E-state index contributed by atoms with van der Waals surface area (Å²) in [6.45, 7) is 4.67. The van der Waals surface area contributed by atoms with Gasteiger partial charge in [0.05, 0.1) is 20.3 Å². The predicted octanol–water partition coefficient (Wildman–Crippen LogP) is 4.97. The van der Waals surface area contributed by atoms with E-state index in [9.17, 15) is 0 Å². The number of benzene rings is 2. The highest BCUT2D eigenvalue weighted by molar-refractivity contribution is 6.67. The molecule has 0 aliphatic rings. The van der Waals surface area contributed by atoms with E-state index in [1.54, 1.807) is 0 Å². The Morgan fingerprint density at radius 2 is 1.60 bits per heavy atom. The van der Waals surface area contributed by atoms with E-state index in [1.807, 2.05) is 12.5 Å². The Morgan fingerprint density at radius 3 is 2.08 bits per heavy atom. The van der Waals surface area contributed by atoms with Crippen molar-refractivity contribution in [3.8, 4) is 0 Å². The summed E-state index contributed by atoms with van der Waals surface area (Å²) in [5.41, 5.74) is 5.16. The third-order valence-corrected chi connectivity index (χ3v) is 8.01. The molecule has 128 valence electrons. The number of nitrogens with zero attached hydrogens (tertiary/aromatic N) is 2. The number of unbranched alkanes of at least 4 members (excludes halogenated alkanes) is 1. The lowest BCUT2D eigenvalue weighted by Gasteiger charge is -2.40. The summed E-state index contributed by atoms with van der Waals surface area (Å²) in [6.07, 6.45) is 10.7. The average Bonchev–Trinajstić information content (AvgIpc) is 3.19. The molecule has 2 nitrogen and oxygen atoms in total. The van der Waals surface area contributed by atoms with Gasteiger partial charge >= 0.3 is 0 Å². The number of rotatable bonds is 7. The van der Waals surface area contributed by atoms with Crippen molar-refractivity contribution in [1.82, 2.24) is 9.55 Å². The van der Waals surface area contributed by atoms with Crippen molar-refractivity contribution >= 4 is 8.80 Å². The predicted molar refractivity (Wildman–Crippen MR) is 108 cm³/mol. The van der Waals surface area contributed by atoms with Crippen molar-refractivity contribution in [2.24, 2.45) is 0 Å². The van der Waals surface area contributed by atoms with Crippen LogP contribution in [0.25, 0.3) is 0 Å². The van der Waals surface area contributed by atoms with Crippen molar-refractivity contribution in [3.05, 3.63) is 102 Å². The van der Waals surface area contributed by atoms with Gasteiger partial charge in [0.25, 0.3) is 0 Å². The maximum atomic E-state index is 4.38. The summed E-state index contributed by atoms with van der Waals surface area (Å²) < 4.78 is 2.31. The van der Waals surface area contributed by atoms with Crippen molar-refractivity contribution in [1.29, 1.82) is 0 Å². The van der Waals surface area contributed by atoms with Gasteiger partial charge in [0.15, 0.2) is 0 Å². The fourth-order valence-corrected chi connectivity index (χ4v) is 6.62. The van der Waals surface area contributed by atoms with Crippen LogP contribution in [0.2, 0.25) is 6.55 Å². The van der Waals surface area contributed by atoms with Gasteiger partial charge in [-0.15, -0.1) is 0 Å². The van der Waals surface area contributed by atoms with Crippen molar-refractivity contribution in [2.45, 2.75) is 31.5 Å². The monoisotopic (exact) mass is 346 g/mol. The van der Waals surface area contributed by atoms with Crippen LogP contribution < -0.4 is 0 Å². The second-order valence-electron chi connectivity index (χ2n) is 6.47. The molecule has 0 fully saturated rings. The van der Waals surface area contributed by atoms with E-state index < -0.39 is 8.80 Å². The minimum absolute atomic E-state index is 0.177. The summed E-state index contributed by atoms with van der Waals surface area (Å²) in [4.78, 5) is 4.38. The second-order valence-corrected chi connectivity index (χ2v) is 9.27. The molecule has 0 N–H and O–H groups in total. The SMILES string of the molecule is CCCC=C[SiH](C)C(c1ccccc1)(c1ccccc1)n1ccnc1. The lowest BCUT2D eigenvalue weighted by Crippen LogP contribution is -2.47. The van der Waals surface area contributed by atoms with Crippen LogP contribution in [0.15, 0.2) is 91.2 Å². The van der Waals surface area contributed by atoms with Crippen LogP contribution >= 0.6 is 0 Å². The molecule has 3 rings (SSSR count). The van der Waals surface area contributed by atoms with Crippen LogP contribution in [0.1, 0.15) is 30.9 Å². The Balaban J connectivity index is 2.25. The molecule has 0 radical (unpaired) electrons. The van der Waals surface area contributed by atoms with E-state index in [4.69, 9.17) is 0 Å². The number of aromatic nitrogens is 2. The zero-order valence-electron chi connectivity index (χ0n) is 15.0. The molecule has 0 spiro atoms. The van der Waals surface area contributed by atoms with E-state index in [-0.39, 0.29) is 5.16 Å². The summed E-state index contributed by atoms with van der Waals surface area (Å²) in [5.74, 6) is 0. The molecule has 0 saturated carbocycles. The standard InChI is InChI=1S/C22H26N2Si/c1-3-4-11-18-25(2)22(24-17-16-23-19-24,20-12-7-5-8-13-20)21-14-9-6-10-15-21/h5-19,25H,3-4H2,1-2H3. The van der Waals surface area contributed by atoms with Crippen LogP contribution in [-0.4, -0.2) is 18.3 Å². The van der Waals surface area contributed by atoms with Gasteiger partial charge in [0, 0.05) is 12.4 Å². The Labute approximate surface area is 152 Å². The maximum Gasteiger partial charge on any atom is 0.0994 e. The average molecular weight is 347 g/mol. The van der Waals surface area contributed by atoms with Crippen molar-refractivity contribution in [3.63, 3.8) is 0 Å². The van der Waals surface area contributed by atoms with Crippen LogP contribution in [0.4, 0.5) is 0 Å². The maximum absolute atomic E-state index is 4.38. The Hall–Kier alpha value is -2.39. The highest BCUT2D eigenvalue weighted by atomic mass is 28.3. The highest BCUT2D eigenvalue weighted by Crippen LogP contribution is 2.37. The zero-order chi connectivity index (χ0) is 17.5. The summed E-state index contributed by atoms with van der Waals surface area (Å²) in [5, 5.41) is -0.177. The molecule has 1 aromatic heterocycles. The number of hydrogen-bond donors (Lipinski definition) is 0. The van der Waals surface area contributed by atoms with E-state index in [0.717, 1.165) is 6.42 Å². The van der Waals surface area contributed by atoms with Crippen molar-refractivity contribution < 1.29 is 0 Å². The van der Waals surface area contributed by atoms with Crippen LogP contribution in [0.3, 0.4) is 0 Å². The fraction of sp³-hybridized carbons (Fsp3) is 0.227. The quantitative estimate of drug-likeness (QED) is 0.553. The summed E-state index contributed by atoms with van der Waals surface area (Å²) >= 11 is 0. The molecule has 3 heteroatoms. The van der Waals surface area contributed by atoms with E-state index in [2.05, 4.69) is 102 Å². The van der Waals surface area contributed by atoms with Gasteiger partial charge in [-0.25, -0.2) is 4.98 Å². The van der Waals surface area contributed by atoms with Crippen LogP contribution in [-0.2, 0) is 5.16 Å². The van der Waals surface area contributed by atoms with Crippen LogP contribution in [0, 0.1) is 0 Å². The molecule has 1 heterocycles. The third-order valence-electron chi connectivity index (χ3n) is 4.88. The summed E-state index contributed by atoms with van der Waals surface area (Å²) in [6, 6.07) is 21.8. The molecule has 0 aliphatic heterocycles. The van der Waals surface area contributed by atoms with Gasteiger partial charge < -0.3 is 4.57 Å². The first-order valence-corrected chi connectivity index (χ1v) is 11.5. The molecule has 1 atom stereocenters. The molecule has 0 saturated heterocycles. The molecule has 3 aromatic rings. The molecule has 0 aliphatic carbocycles. The zero-order valence-corrected chi connectivity index (χ0v) is 16.2. The Bertz CT molecular complexity index is 740. The minimum atomic E-state index is -1.39. The molecule has 2 aromatic carbocycles. The van der Waals surface area contributed by atoms with Gasteiger partial charge in [-0.3, -0.25) is 0 Å². The number of hydrogen-bond acceptors (Lipinski definition) is 1. The van der Waals surface area contributed by atoms with Gasteiger partial charge in [0.1, 0.15) is 0 Å². The van der Waals surface area contributed by atoms with E-state index in [0.29, 0.717) is 0 Å². The molecular weight excluding hydrogens is 320 g/mol. The highest BCUT2D eigenvalue weighted by Gasteiger charge is 2.40. The number of imidazole rings is 1. The van der Waals surface area contributed by atoms with Gasteiger partial charge in [0.2, 0.25) is 0 Å².